The lowest BCUT2D eigenvalue weighted by Crippen LogP contribution is -2.15. The van der Waals surface area contributed by atoms with Gasteiger partial charge in [-0.3, -0.25) is 14.8 Å². The van der Waals surface area contributed by atoms with Gasteiger partial charge in [0, 0.05) is 30.6 Å². The Labute approximate surface area is 211 Å². The zero-order chi connectivity index (χ0) is 26.5. The molecule has 0 saturated carbocycles. The maximum Gasteiger partial charge on any atom is 0.251 e. The number of nitrogens with zero attached hydrogens (tertiary/aromatic N) is 2. The second kappa shape index (κ2) is 14.8. The molecular weight excluding hydrogens is 434 g/mol. The fourth-order valence-corrected chi connectivity index (χ4v) is 3.19. The summed E-state index contributed by atoms with van der Waals surface area (Å²) in [5, 5.41) is 2.93. The van der Waals surface area contributed by atoms with Gasteiger partial charge in [-0.1, -0.05) is 55.2 Å². The highest BCUT2D eigenvalue weighted by molar-refractivity contribution is 6.04. The highest BCUT2D eigenvalue weighted by Crippen LogP contribution is 2.22. The van der Waals surface area contributed by atoms with Crippen molar-refractivity contribution in [2.45, 2.75) is 67.7 Å². The van der Waals surface area contributed by atoms with Crippen LogP contribution in [-0.4, -0.2) is 24.2 Å². The van der Waals surface area contributed by atoms with E-state index in [-0.39, 0.29) is 5.91 Å². The van der Waals surface area contributed by atoms with Crippen molar-refractivity contribution in [3.63, 3.8) is 0 Å². The second-order valence-corrected chi connectivity index (χ2v) is 9.08. The van der Waals surface area contributed by atoms with Gasteiger partial charge in [0.25, 0.3) is 5.91 Å². The molecule has 0 aliphatic heterocycles. The van der Waals surface area contributed by atoms with Gasteiger partial charge >= 0.3 is 0 Å². The van der Waals surface area contributed by atoms with Gasteiger partial charge in [0.2, 0.25) is 0 Å². The van der Waals surface area contributed by atoms with Gasteiger partial charge in [-0.05, 0) is 65.0 Å². The average molecular weight is 478 g/mol. The molecule has 0 saturated heterocycles. The van der Waals surface area contributed by atoms with Crippen molar-refractivity contribution in [1.29, 1.82) is 0 Å². The maximum atomic E-state index is 12.8. The van der Waals surface area contributed by atoms with Crippen LogP contribution in [0, 0.1) is 12.8 Å². The van der Waals surface area contributed by atoms with Gasteiger partial charge in [0.1, 0.15) is 0 Å². The molecule has 1 aromatic rings. The highest BCUT2D eigenvalue weighted by atomic mass is 16.1. The number of aromatic nitrogens is 1. The molecule has 1 atom stereocenters. The van der Waals surface area contributed by atoms with Crippen LogP contribution in [0.25, 0.3) is 0 Å². The quantitative estimate of drug-likeness (QED) is 0.194. The molecule has 1 aromatic heterocycles. The van der Waals surface area contributed by atoms with Crippen LogP contribution < -0.4 is 16.8 Å². The molecule has 1 heterocycles. The van der Waals surface area contributed by atoms with Crippen LogP contribution in [0.2, 0.25) is 0 Å². The zero-order valence-electron chi connectivity index (χ0n) is 22.7. The van der Waals surface area contributed by atoms with E-state index < -0.39 is 0 Å². The predicted molar refractivity (Wildman–Crippen MR) is 151 cm³/mol. The number of rotatable bonds is 11. The van der Waals surface area contributed by atoms with Crippen molar-refractivity contribution in [1.82, 2.24) is 4.98 Å². The topological polar surface area (TPSA) is 106 Å². The van der Waals surface area contributed by atoms with E-state index in [2.05, 4.69) is 61.2 Å². The number of carbonyl (C=O) groups is 1. The van der Waals surface area contributed by atoms with E-state index >= 15 is 0 Å². The third-order valence-electron chi connectivity index (χ3n) is 6.29. The van der Waals surface area contributed by atoms with Crippen molar-refractivity contribution >= 4 is 23.5 Å². The minimum Gasteiger partial charge on any atom is -0.404 e. The number of aliphatic imine (C=N–C) groups is 1. The van der Waals surface area contributed by atoms with Gasteiger partial charge < -0.3 is 16.8 Å². The number of hydrogen-bond acceptors (Lipinski definition) is 5. The molecule has 6 nitrogen and oxygen atoms in total. The number of anilines is 2. The zero-order valence-corrected chi connectivity index (χ0v) is 22.7. The molecule has 35 heavy (non-hydrogen) atoms. The summed E-state index contributed by atoms with van der Waals surface area (Å²) in [7, 11) is 1.74. The smallest absolute Gasteiger partial charge is 0.251 e. The molecule has 0 aliphatic rings. The highest BCUT2D eigenvalue weighted by Gasteiger charge is 2.11. The molecule has 0 aliphatic carbocycles. The summed E-state index contributed by atoms with van der Waals surface area (Å²) in [4.78, 5) is 21.1. The molecule has 0 spiro atoms. The minimum absolute atomic E-state index is 0.134. The van der Waals surface area contributed by atoms with Crippen molar-refractivity contribution < 1.29 is 4.79 Å². The predicted octanol–water partition coefficient (Wildman–Crippen LogP) is 6.44. The third kappa shape index (κ3) is 9.77. The van der Waals surface area contributed by atoms with Crippen LogP contribution >= 0.6 is 0 Å². The van der Waals surface area contributed by atoms with Gasteiger partial charge in [0.05, 0.1) is 23.3 Å². The Morgan fingerprint density at radius 3 is 2.43 bits per heavy atom. The van der Waals surface area contributed by atoms with Gasteiger partial charge in [0.15, 0.2) is 0 Å². The first kappa shape index (κ1) is 29.6. The van der Waals surface area contributed by atoms with Crippen molar-refractivity contribution in [3.8, 4) is 0 Å². The number of nitrogens with two attached hydrogens (primary N) is 2. The van der Waals surface area contributed by atoms with E-state index in [4.69, 9.17) is 11.5 Å². The molecule has 190 valence electrons. The molecule has 0 radical (unpaired) electrons. The number of amides is 1. The molecule has 0 bridgehead atoms. The standard InChI is InChI=1S/C29H43N5O/c1-9-19(2)10-13-25(26(16-30)17-32-8)14-22(5)20(3)11-12-21(4)23(6)29(35)34-28-15-27(31)18-33-24(28)7/h10,13-19H,9,11-12,30-31H2,1-8H3,(H,34,35)/b13-10-,22-20+,23-21-,25-14+,26-16?,32-17?. The Bertz CT molecular complexity index is 1070. The fraction of sp³-hybridized carbons (Fsp3) is 0.414. The van der Waals surface area contributed by atoms with Crippen molar-refractivity contribution in [2.75, 3.05) is 18.1 Å². The lowest BCUT2D eigenvalue weighted by Gasteiger charge is -2.12. The summed E-state index contributed by atoms with van der Waals surface area (Å²) < 4.78 is 0. The van der Waals surface area contributed by atoms with Crippen LogP contribution in [0.4, 0.5) is 11.4 Å². The van der Waals surface area contributed by atoms with E-state index in [0.717, 1.165) is 41.7 Å². The summed E-state index contributed by atoms with van der Waals surface area (Å²) in [6.45, 7) is 14.3. The monoisotopic (exact) mass is 477 g/mol. The Hall–Kier alpha value is -3.41. The van der Waals surface area contributed by atoms with Crippen LogP contribution in [0.1, 0.15) is 66.5 Å². The van der Waals surface area contributed by atoms with Crippen LogP contribution in [-0.2, 0) is 4.79 Å². The largest absolute Gasteiger partial charge is 0.404 e. The Morgan fingerprint density at radius 1 is 1.17 bits per heavy atom. The number of nitrogens with one attached hydrogen (secondary N) is 1. The van der Waals surface area contributed by atoms with E-state index in [9.17, 15) is 4.79 Å². The first-order valence-corrected chi connectivity index (χ1v) is 12.1. The van der Waals surface area contributed by atoms with Crippen LogP contribution in [0.15, 0.2) is 75.1 Å². The van der Waals surface area contributed by atoms with Gasteiger partial charge in [-0.2, -0.15) is 0 Å². The Kier molecular flexibility index (Phi) is 12.5. The molecule has 1 unspecified atom stereocenters. The number of aryl methyl sites for hydroxylation is 1. The van der Waals surface area contributed by atoms with Gasteiger partial charge in [-0.25, -0.2) is 0 Å². The summed E-state index contributed by atoms with van der Waals surface area (Å²) in [6, 6.07) is 1.73. The first-order valence-electron chi connectivity index (χ1n) is 12.1. The van der Waals surface area contributed by atoms with E-state index in [1.807, 2.05) is 20.8 Å². The normalized spacial score (nSPS) is 15.3. The summed E-state index contributed by atoms with van der Waals surface area (Å²) in [6.07, 6.45) is 14.2. The fourth-order valence-electron chi connectivity index (χ4n) is 3.19. The molecule has 5 N–H and O–H groups in total. The molecule has 1 amide bonds. The van der Waals surface area contributed by atoms with Gasteiger partial charge in [-0.15, -0.1) is 0 Å². The Morgan fingerprint density at radius 2 is 1.83 bits per heavy atom. The van der Waals surface area contributed by atoms with Crippen LogP contribution in [0.3, 0.4) is 0 Å². The van der Waals surface area contributed by atoms with Crippen molar-refractivity contribution in [3.05, 3.63) is 75.8 Å². The lowest BCUT2D eigenvalue weighted by atomic mass is 9.96. The first-order chi connectivity index (χ1) is 16.5. The molecule has 0 fully saturated rings. The van der Waals surface area contributed by atoms with E-state index in [0.29, 0.717) is 22.9 Å². The van der Waals surface area contributed by atoms with E-state index in [1.54, 1.807) is 31.7 Å². The number of allylic oxidation sites excluding steroid dienone is 8. The minimum atomic E-state index is -0.134. The summed E-state index contributed by atoms with van der Waals surface area (Å²) >= 11 is 0. The third-order valence-corrected chi connectivity index (χ3v) is 6.29. The number of carbonyl (C=O) groups excluding carboxylic acids is 1. The molecule has 0 aromatic carbocycles. The van der Waals surface area contributed by atoms with Crippen LogP contribution in [0.5, 0.6) is 0 Å². The van der Waals surface area contributed by atoms with E-state index in [1.165, 1.54) is 11.1 Å². The molecule has 6 heteroatoms. The number of pyridine rings is 1. The second-order valence-electron chi connectivity index (χ2n) is 9.08. The number of nitrogen functional groups attached to an aromatic ring is 1. The Balaban J connectivity index is 3.06. The lowest BCUT2D eigenvalue weighted by molar-refractivity contribution is -0.112. The average Bonchev–Trinajstić information content (AvgIpc) is 2.84. The SMILES string of the molecule is CCC(C)\C=C/C(=C\C(C)=C(/C)CC/C(C)=C(/C)C(=O)Nc1cc(N)cnc1C)C(C=NC)=CN. The summed E-state index contributed by atoms with van der Waals surface area (Å²) in [5.41, 5.74) is 19.7. The maximum absolute atomic E-state index is 12.8. The molecular formula is C29H43N5O. The summed E-state index contributed by atoms with van der Waals surface area (Å²) in [5.74, 6) is 0.348. The number of hydrogen-bond donors (Lipinski definition) is 3. The molecule has 1 rings (SSSR count). The van der Waals surface area contributed by atoms with Crippen molar-refractivity contribution in [2.24, 2.45) is 16.6 Å².